The molecular formula is C11H9BrClN3O. The molecule has 0 fully saturated rings. The minimum Gasteiger partial charge on any atom is -0.497 e. The van der Waals surface area contributed by atoms with Gasteiger partial charge in [0, 0.05) is 12.1 Å². The fourth-order valence-electron chi connectivity index (χ4n) is 1.27. The van der Waals surface area contributed by atoms with Gasteiger partial charge >= 0.3 is 0 Å². The van der Waals surface area contributed by atoms with E-state index in [0.29, 0.717) is 15.4 Å². The quantitative estimate of drug-likeness (QED) is 0.879. The van der Waals surface area contributed by atoms with E-state index in [-0.39, 0.29) is 0 Å². The smallest absolute Gasteiger partial charge is 0.134 e. The molecule has 0 aliphatic carbocycles. The second-order valence-electron chi connectivity index (χ2n) is 3.20. The Morgan fingerprint density at radius 1 is 1.29 bits per heavy atom. The highest BCUT2D eigenvalue weighted by Gasteiger charge is 2.04. The highest BCUT2D eigenvalue weighted by atomic mass is 79.9. The van der Waals surface area contributed by atoms with E-state index in [4.69, 9.17) is 16.3 Å². The van der Waals surface area contributed by atoms with E-state index in [1.807, 2.05) is 0 Å². The Hall–Kier alpha value is -1.33. The number of hydrogen-bond acceptors (Lipinski definition) is 4. The molecule has 1 aromatic heterocycles. The molecule has 0 saturated carbocycles. The van der Waals surface area contributed by atoms with Gasteiger partial charge in [0.05, 0.1) is 17.8 Å². The van der Waals surface area contributed by atoms with Crippen LogP contribution in [0.5, 0.6) is 5.75 Å². The van der Waals surface area contributed by atoms with Crippen LogP contribution in [0.4, 0.5) is 11.5 Å². The van der Waals surface area contributed by atoms with E-state index in [0.717, 1.165) is 11.4 Å². The first kappa shape index (κ1) is 12.1. The molecule has 2 rings (SSSR count). The summed E-state index contributed by atoms with van der Waals surface area (Å²) in [5.74, 6) is 1.38. The van der Waals surface area contributed by atoms with E-state index in [1.165, 1.54) is 6.33 Å². The lowest BCUT2D eigenvalue weighted by atomic mass is 10.3. The third-order valence-corrected chi connectivity index (χ3v) is 2.83. The number of aromatic nitrogens is 2. The van der Waals surface area contributed by atoms with E-state index in [2.05, 4.69) is 31.2 Å². The van der Waals surface area contributed by atoms with Gasteiger partial charge in [0.1, 0.15) is 22.5 Å². The summed E-state index contributed by atoms with van der Waals surface area (Å²) >= 11 is 9.34. The van der Waals surface area contributed by atoms with Gasteiger partial charge in [-0.1, -0.05) is 11.6 Å². The summed E-state index contributed by atoms with van der Waals surface area (Å²) in [5, 5.41) is 3.69. The summed E-state index contributed by atoms with van der Waals surface area (Å²) in [4.78, 5) is 8.03. The molecule has 6 heteroatoms. The number of rotatable bonds is 3. The zero-order valence-electron chi connectivity index (χ0n) is 8.95. The molecule has 0 radical (unpaired) electrons. The van der Waals surface area contributed by atoms with Crippen LogP contribution in [-0.4, -0.2) is 17.1 Å². The van der Waals surface area contributed by atoms with Crippen LogP contribution >= 0.6 is 27.5 Å². The van der Waals surface area contributed by atoms with Crippen molar-refractivity contribution in [1.29, 1.82) is 0 Å². The van der Waals surface area contributed by atoms with Gasteiger partial charge in [0.15, 0.2) is 0 Å². The maximum Gasteiger partial charge on any atom is 0.134 e. The summed E-state index contributed by atoms with van der Waals surface area (Å²) in [6.45, 7) is 0. The van der Waals surface area contributed by atoms with Crippen LogP contribution in [0.3, 0.4) is 0 Å². The lowest BCUT2D eigenvalue weighted by molar-refractivity contribution is 0.415. The standard InChI is InChI=1S/C11H9BrClN3O/c1-17-7-2-3-8(13)9(4-7)16-11-5-10(12)14-6-15-11/h2-6H,1H3,(H,14,15,16). The summed E-state index contributed by atoms with van der Waals surface area (Å²) in [7, 11) is 1.61. The van der Waals surface area contributed by atoms with Crippen LogP contribution in [0.25, 0.3) is 0 Å². The van der Waals surface area contributed by atoms with Gasteiger partial charge in [-0.25, -0.2) is 9.97 Å². The van der Waals surface area contributed by atoms with Crippen LogP contribution in [-0.2, 0) is 0 Å². The van der Waals surface area contributed by atoms with E-state index in [1.54, 1.807) is 31.4 Å². The third-order valence-electron chi connectivity index (χ3n) is 2.07. The molecule has 1 aromatic carbocycles. The molecule has 17 heavy (non-hydrogen) atoms. The average molecular weight is 315 g/mol. The lowest BCUT2D eigenvalue weighted by Crippen LogP contribution is -1.95. The van der Waals surface area contributed by atoms with Crippen molar-refractivity contribution in [2.24, 2.45) is 0 Å². The Morgan fingerprint density at radius 2 is 2.12 bits per heavy atom. The first-order chi connectivity index (χ1) is 8.19. The van der Waals surface area contributed by atoms with Crippen molar-refractivity contribution in [3.63, 3.8) is 0 Å². The number of methoxy groups -OCH3 is 1. The first-order valence-electron chi connectivity index (χ1n) is 4.77. The molecule has 88 valence electrons. The van der Waals surface area contributed by atoms with Crippen molar-refractivity contribution in [2.45, 2.75) is 0 Å². The van der Waals surface area contributed by atoms with Crippen molar-refractivity contribution in [3.05, 3.63) is 40.2 Å². The van der Waals surface area contributed by atoms with Crippen LogP contribution in [0, 0.1) is 0 Å². The summed E-state index contributed by atoms with van der Waals surface area (Å²) < 4.78 is 5.83. The SMILES string of the molecule is COc1ccc(Cl)c(Nc2cc(Br)ncn2)c1. The predicted molar refractivity (Wildman–Crippen MR) is 71.0 cm³/mol. The maximum atomic E-state index is 6.07. The number of benzene rings is 1. The van der Waals surface area contributed by atoms with Gasteiger partial charge in [-0.15, -0.1) is 0 Å². The number of halogens is 2. The molecule has 0 aliphatic rings. The van der Waals surface area contributed by atoms with Gasteiger partial charge in [0.2, 0.25) is 0 Å². The Morgan fingerprint density at radius 3 is 2.82 bits per heavy atom. The normalized spacial score (nSPS) is 10.1. The Balaban J connectivity index is 2.29. The number of ether oxygens (including phenoxy) is 1. The molecule has 0 aliphatic heterocycles. The minimum absolute atomic E-state index is 0.598. The zero-order valence-corrected chi connectivity index (χ0v) is 11.3. The topological polar surface area (TPSA) is 47.0 Å². The summed E-state index contributed by atoms with van der Waals surface area (Å²) in [6.07, 6.45) is 1.46. The molecule has 0 saturated heterocycles. The highest BCUT2D eigenvalue weighted by molar-refractivity contribution is 9.10. The second-order valence-corrected chi connectivity index (χ2v) is 4.42. The van der Waals surface area contributed by atoms with E-state index in [9.17, 15) is 0 Å². The Kier molecular flexibility index (Phi) is 3.81. The molecule has 0 atom stereocenters. The number of anilines is 2. The fraction of sp³-hybridized carbons (Fsp3) is 0.0909. The number of nitrogens with one attached hydrogen (secondary N) is 1. The second kappa shape index (κ2) is 5.33. The first-order valence-corrected chi connectivity index (χ1v) is 5.94. The van der Waals surface area contributed by atoms with Crippen LogP contribution < -0.4 is 10.1 Å². The van der Waals surface area contributed by atoms with Gasteiger partial charge in [-0.05, 0) is 28.1 Å². The fourth-order valence-corrected chi connectivity index (χ4v) is 1.74. The number of nitrogens with zero attached hydrogens (tertiary/aromatic N) is 2. The number of hydrogen-bond donors (Lipinski definition) is 1. The monoisotopic (exact) mass is 313 g/mol. The predicted octanol–water partition coefficient (Wildman–Crippen LogP) is 3.64. The molecule has 1 N–H and O–H groups in total. The average Bonchev–Trinajstić information content (AvgIpc) is 2.32. The molecule has 0 spiro atoms. The van der Waals surface area contributed by atoms with Crippen molar-refractivity contribution in [3.8, 4) is 5.75 Å². The summed E-state index contributed by atoms with van der Waals surface area (Å²) in [6, 6.07) is 7.12. The van der Waals surface area contributed by atoms with Gasteiger partial charge in [-0.2, -0.15) is 0 Å². The Bertz CT molecular complexity index is 536. The third kappa shape index (κ3) is 3.08. The summed E-state index contributed by atoms with van der Waals surface area (Å²) in [5.41, 5.74) is 0.733. The van der Waals surface area contributed by atoms with Gasteiger partial charge in [-0.3, -0.25) is 0 Å². The van der Waals surface area contributed by atoms with Crippen molar-refractivity contribution < 1.29 is 4.74 Å². The van der Waals surface area contributed by atoms with Crippen LogP contribution in [0.1, 0.15) is 0 Å². The molecule has 4 nitrogen and oxygen atoms in total. The Labute approximate surface area is 112 Å². The lowest BCUT2D eigenvalue weighted by Gasteiger charge is -2.09. The molecule has 0 bridgehead atoms. The minimum atomic E-state index is 0.598. The highest BCUT2D eigenvalue weighted by Crippen LogP contribution is 2.29. The molecule has 0 amide bonds. The van der Waals surface area contributed by atoms with Crippen LogP contribution in [0.15, 0.2) is 35.2 Å². The van der Waals surface area contributed by atoms with Crippen molar-refractivity contribution in [1.82, 2.24) is 9.97 Å². The van der Waals surface area contributed by atoms with E-state index < -0.39 is 0 Å². The molecule has 0 unspecified atom stereocenters. The molecular weight excluding hydrogens is 305 g/mol. The molecule has 2 aromatic rings. The van der Waals surface area contributed by atoms with Gasteiger partial charge < -0.3 is 10.1 Å². The van der Waals surface area contributed by atoms with Crippen molar-refractivity contribution in [2.75, 3.05) is 12.4 Å². The zero-order chi connectivity index (χ0) is 12.3. The molecule has 1 heterocycles. The van der Waals surface area contributed by atoms with Crippen molar-refractivity contribution >= 4 is 39.0 Å². The largest absolute Gasteiger partial charge is 0.497 e. The van der Waals surface area contributed by atoms with E-state index >= 15 is 0 Å². The van der Waals surface area contributed by atoms with Crippen LogP contribution in [0.2, 0.25) is 5.02 Å². The van der Waals surface area contributed by atoms with Gasteiger partial charge in [0.25, 0.3) is 0 Å². The maximum absolute atomic E-state index is 6.07.